The minimum atomic E-state index is -4.64. The molecule has 2 amide bonds. The molecule has 0 saturated carbocycles. The molecule has 0 aliphatic rings. The Kier molecular flexibility index (Phi) is 5.85. The molecule has 0 atom stereocenters. The van der Waals surface area contributed by atoms with Gasteiger partial charge in [0.25, 0.3) is 0 Å². The number of rotatable bonds is 6. The van der Waals surface area contributed by atoms with E-state index in [-0.39, 0.29) is 11.7 Å². The van der Waals surface area contributed by atoms with Gasteiger partial charge in [-0.15, -0.1) is 0 Å². The quantitative estimate of drug-likeness (QED) is 0.653. The van der Waals surface area contributed by atoms with Crippen molar-refractivity contribution in [3.05, 3.63) is 41.7 Å². The molecule has 0 aliphatic carbocycles. The highest BCUT2D eigenvalue weighted by Crippen LogP contribution is 2.28. The summed E-state index contributed by atoms with van der Waals surface area (Å²) in [5, 5.41) is 2.16. The fourth-order valence-corrected chi connectivity index (χ4v) is 3.07. The summed E-state index contributed by atoms with van der Waals surface area (Å²) in [6.07, 6.45) is 0.786. The number of hydrogen-bond donors (Lipinski definition) is 2. The van der Waals surface area contributed by atoms with Gasteiger partial charge >= 0.3 is 26.5 Å². The number of amides is 2. The van der Waals surface area contributed by atoms with Gasteiger partial charge in [-0.25, -0.2) is 19.5 Å². The van der Waals surface area contributed by atoms with E-state index in [0.717, 1.165) is 12.3 Å². The molecule has 0 saturated heterocycles. The van der Waals surface area contributed by atoms with Crippen molar-refractivity contribution in [3.63, 3.8) is 0 Å². The number of benzene rings is 1. The minimum Gasteiger partial charge on any atom is -0.379 e. The largest absolute Gasteiger partial charge is 0.411 e. The first-order chi connectivity index (χ1) is 12.4. The van der Waals surface area contributed by atoms with Crippen molar-refractivity contribution in [1.82, 2.24) is 14.7 Å². The second kappa shape index (κ2) is 7.75. The first-order valence-electron chi connectivity index (χ1n) is 7.27. The fraction of sp³-hybridized carbons (Fsp3) is 0.214. The summed E-state index contributed by atoms with van der Waals surface area (Å²) in [4.78, 5) is 19.7. The molecule has 0 fully saturated rings. The van der Waals surface area contributed by atoms with Crippen molar-refractivity contribution in [2.45, 2.75) is 13.8 Å². The van der Waals surface area contributed by atoms with Gasteiger partial charge in [0.2, 0.25) is 5.95 Å². The second-order valence-electron chi connectivity index (χ2n) is 5.30. The first kappa shape index (κ1) is 20.4. The zero-order valence-corrected chi connectivity index (χ0v) is 16.1. The summed E-state index contributed by atoms with van der Waals surface area (Å²) in [6, 6.07) is 5.66. The standard InChI is InChI=1S/C14H16N4O7S2/c1-9-8-10(2)16-13(15-9)17-14(19)18-27(22,23)25-12-7-5-4-6-11(12)24-26(3,20)21/h4-8H,1-3H3,(H2,15,16,17,18,19). The number of nitrogens with zero attached hydrogens (tertiary/aromatic N) is 2. The normalized spacial score (nSPS) is 11.5. The number of hydrogen-bond acceptors (Lipinski definition) is 9. The van der Waals surface area contributed by atoms with Crippen LogP contribution in [0.25, 0.3) is 0 Å². The SMILES string of the molecule is Cc1cc(C)nc(NC(=O)NS(=O)(=O)Oc2ccccc2OS(C)(=O)=O)n1. The molecule has 0 radical (unpaired) electrons. The van der Waals surface area contributed by atoms with Gasteiger partial charge in [0.15, 0.2) is 11.5 Å². The predicted molar refractivity (Wildman–Crippen MR) is 95.1 cm³/mol. The zero-order valence-electron chi connectivity index (χ0n) is 14.5. The van der Waals surface area contributed by atoms with E-state index in [4.69, 9.17) is 4.18 Å². The lowest BCUT2D eigenvalue weighted by molar-refractivity contribution is 0.255. The molecular formula is C14H16N4O7S2. The average Bonchev–Trinajstić information content (AvgIpc) is 2.45. The Hall–Kier alpha value is -2.93. The van der Waals surface area contributed by atoms with Gasteiger partial charge in [-0.05, 0) is 32.0 Å². The smallest absolute Gasteiger partial charge is 0.379 e. The van der Waals surface area contributed by atoms with E-state index in [1.54, 1.807) is 24.6 Å². The number of aryl methyl sites for hydroxylation is 2. The molecule has 0 unspecified atom stereocenters. The van der Waals surface area contributed by atoms with Crippen molar-refractivity contribution >= 4 is 32.4 Å². The van der Waals surface area contributed by atoms with Crippen molar-refractivity contribution < 1.29 is 30.0 Å². The van der Waals surface area contributed by atoms with Gasteiger partial charge < -0.3 is 8.37 Å². The highest BCUT2D eigenvalue weighted by Gasteiger charge is 2.21. The van der Waals surface area contributed by atoms with E-state index in [1.807, 2.05) is 0 Å². The van der Waals surface area contributed by atoms with E-state index in [2.05, 4.69) is 19.5 Å². The lowest BCUT2D eigenvalue weighted by Crippen LogP contribution is -2.37. The highest BCUT2D eigenvalue weighted by atomic mass is 32.2. The van der Waals surface area contributed by atoms with Crippen LogP contribution in [0.1, 0.15) is 11.4 Å². The third kappa shape index (κ3) is 6.71. The van der Waals surface area contributed by atoms with E-state index in [1.165, 1.54) is 18.2 Å². The van der Waals surface area contributed by atoms with Crippen molar-refractivity contribution in [2.24, 2.45) is 0 Å². The van der Waals surface area contributed by atoms with Gasteiger partial charge in [0.1, 0.15) is 0 Å². The molecule has 0 aliphatic heterocycles. The maximum atomic E-state index is 12.0. The summed E-state index contributed by atoms with van der Waals surface area (Å²) in [5.74, 6) is -0.879. The maximum Gasteiger partial charge on any atom is 0.411 e. The number of aromatic nitrogens is 2. The van der Waals surface area contributed by atoms with Gasteiger partial charge in [-0.1, -0.05) is 12.1 Å². The second-order valence-corrected chi connectivity index (χ2v) is 8.16. The van der Waals surface area contributed by atoms with Gasteiger partial charge in [-0.3, -0.25) is 5.32 Å². The number of urea groups is 1. The van der Waals surface area contributed by atoms with E-state index >= 15 is 0 Å². The molecule has 146 valence electrons. The molecule has 1 heterocycles. The zero-order chi connectivity index (χ0) is 20.2. The predicted octanol–water partition coefficient (Wildman–Crippen LogP) is 0.877. The molecule has 27 heavy (non-hydrogen) atoms. The van der Waals surface area contributed by atoms with E-state index in [0.29, 0.717) is 11.4 Å². The topological polar surface area (TPSA) is 154 Å². The van der Waals surface area contributed by atoms with Crippen molar-refractivity contribution in [1.29, 1.82) is 0 Å². The van der Waals surface area contributed by atoms with Gasteiger partial charge in [0.05, 0.1) is 6.26 Å². The fourth-order valence-electron chi connectivity index (χ4n) is 1.91. The molecule has 0 spiro atoms. The Bertz CT molecular complexity index is 1050. The molecule has 11 nitrogen and oxygen atoms in total. The minimum absolute atomic E-state index is 0.0963. The average molecular weight is 416 g/mol. The monoisotopic (exact) mass is 416 g/mol. The van der Waals surface area contributed by atoms with E-state index < -0.39 is 32.2 Å². The Morgan fingerprint density at radius 3 is 2.00 bits per heavy atom. The van der Waals surface area contributed by atoms with Crippen LogP contribution in [0.5, 0.6) is 11.5 Å². The Balaban J connectivity index is 2.12. The number of carbonyl (C=O) groups is 1. The van der Waals surface area contributed by atoms with Crippen LogP contribution in [0.15, 0.2) is 30.3 Å². The van der Waals surface area contributed by atoms with Crippen molar-refractivity contribution in [2.75, 3.05) is 11.6 Å². The molecule has 2 rings (SSSR count). The molecule has 1 aromatic carbocycles. The van der Waals surface area contributed by atoms with Crippen LogP contribution in [-0.4, -0.2) is 39.1 Å². The summed E-state index contributed by atoms with van der Waals surface area (Å²) < 4.78 is 57.4. The van der Waals surface area contributed by atoms with Crippen LogP contribution in [0.4, 0.5) is 10.7 Å². The number of anilines is 1. The van der Waals surface area contributed by atoms with Crippen LogP contribution in [0.3, 0.4) is 0 Å². The van der Waals surface area contributed by atoms with E-state index in [9.17, 15) is 21.6 Å². The number of para-hydroxylation sites is 2. The summed E-state index contributed by atoms with van der Waals surface area (Å²) in [6.45, 7) is 3.35. The van der Waals surface area contributed by atoms with Gasteiger partial charge in [0, 0.05) is 11.4 Å². The highest BCUT2D eigenvalue weighted by molar-refractivity contribution is 7.86. The molecule has 0 bridgehead atoms. The maximum absolute atomic E-state index is 12.0. The Morgan fingerprint density at radius 1 is 0.963 bits per heavy atom. The summed E-state index contributed by atoms with van der Waals surface area (Å²) in [7, 11) is -8.56. The van der Waals surface area contributed by atoms with Crippen LogP contribution in [-0.2, 0) is 20.4 Å². The lowest BCUT2D eigenvalue weighted by Gasteiger charge is -2.12. The number of nitrogens with one attached hydrogen (secondary N) is 2. The van der Waals surface area contributed by atoms with Crippen molar-refractivity contribution in [3.8, 4) is 11.5 Å². The van der Waals surface area contributed by atoms with Gasteiger partial charge in [-0.2, -0.15) is 16.8 Å². The molecule has 2 N–H and O–H groups in total. The summed E-state index contributed by atoms with van der Waals surface area (Å²) in [5.41, 5.74) is 1.15. The third-order valence-electron chi connectivity index (χ3n) is 2.72. The third-order valence-corrected chi connectivity index (χ3v) is 4.03. The van der Waals surface area contributed by atoms with Crippen LogP contribution >= 0.6 is 0 Å². The number of carbonyl (C=O) groups excluding carboxylic acids is 1. The van der Waals surface area contributed by atoms with Crippen LogP contribution < -0.4 is 18.4 Å². The van der Waals surface area contributed by atoms with Crippen LogP contribution in [0.2, 0.25) is 0 Å². The lowest BCUT2D eigenvalue weighted by atomic mass is 10.3. The Morgan fingerprint density at radius 2 is 1.48 bits per heavy atom. The molecule has 2 aromatic rings. The summed E-state index contributed by atoms with van der Waals surface area (Å²) >= 11 is 0. The Labute approximate surface area is 156 Å². The molecular weight excluding hydrogens is 400 g/mol. The molecule has 1 aromatic heterocycles. The van der Waals surface area contributed by atoms with Crippen LogP contribution in [0, 0.1) is 13.8 Å². The molecule has 13 heteroatoms. The first-order valence-corrected chi connectivity index (χ1v) is 10.5.